The predicted molar refractivity (Wildman–Crippen MR) is 81.2 cm³/mol. The standard InChI is InChI=1S/C14H16BrN3O2/c1-7(2)11-8(9-6-17-18-14(9)16)5-10(15)12-13(11)20-4-3-19-12/h5-7H,3-4H2,1-2H3,(H3,16,17,18). The number of aromatic nitrogens is 2. The van der Waals surface area contributed by atoms with Gasteiger partial charge < -0.3 is 15.2 Å². The zero-order chi connectivity index (χ0) is 14.3. The number of fused-ring (bicyclic) bond motifs is 1. The minimum Gasteiger partial charge on any atom is -0.486 e. The van der Waals surface area contributed by atoms with Crippen molar-refractivity contribution in [2.24, 2.45) is 0 Å². The highest BCUT2D eigenvalue weighted by atomic mass is 79.9. The van der Waals surface area contributed by atoms with Gasteiger partial charge in [0, 0.05) is 11.1 Å². The minimum atomic E-state index is 0.280. The Morgan fingerprint density at radius 3 is 2.55 bits per heavy atom. The Balaban J connectivity index is 2.29. The first-order valence-electron chi connectivity index (χ1n) is 6.50. The Labute approximate surface area is 125 Å². The van der Waals surface area contributed by atoms with E-state index >= 15 is 0 Å². The lowest BCUT2D eigenvalue weighted by molar-refractivity contribution is 0.168. The van der Waals surface area contributed by atoms with Crippen LogP contribution in [0.25, 0.3) is 11.1 Å². The SMILES string of the molecule is CC(C)c1c(-c2cn[nH]c2N)cc(Br)c2c1OCCO2. The summed E-state index contributed by atoms with van der Waals surface area (Å²) in [5.74, 6) is 2.40. The highest BCUT2D eigenvalue weighted by molar-refractivity contribution is 9.10. The molecule has 2 heterocycles. The summed E-state index contributed by atoms with van der Waals surface area (Å²) < 4.78 is 12.4. The lowest BCUT2D eigenvalue weighted by atomic mass is 9.92. The van der Waals surface area contributed by atoms with Gasteiger partial charge in [-0.15, -0.1) is 0 Å². The first kappa shape index (κ1) is 13.3. The number of hydrogen-bond acceptors (Lipinski definition) is 4. The van der Waals surface area contributed by atoms with Gasteiger partial charge in [0.25, 0.3) is 0 Å². The van der Waals surface area contributed by atoms with Crippen LogP contribution in [0.2, 0.25) is 0 Å². The van der Waals surface area contributed by atoms with E-state index in [9.17, 15) is 0 Å². The van der Waals surface area contributed by atoms with Crippen LogP contribution in [0.15, 0.2) is 16.7 Å². The number of nitrogens with one attached hydrogen (secondary N) is 1. The molecule has 0 fully saturated rings. The highest BCUT2D eigenvalue weighted by Crippen LogP contribution is 2.48. The smallest absolute Gasteiger partial charge is 0.175 e. The lowest BCUT2D eigenvalue weighted by Gasteiger charge is -2.26. The van der Waals surface area contributed by atoms with Gasteiger partial charge >= 0.3 is 0 Å². The van der Waals surface area contributed by atoms with E-state index in [0.29, 0.717) is 19.0 Å². The zero-order valence-corrected chi connectivity index (χ0v) is 13.0. The van der Waals surface area contributed by atoms with Crippen LogP contribution in [-0.4, -0.2) is 23.4 Å². The van der Waals surface area contributed by atoms with Crippen LogP contribution in [0.3, 0.4) is 0 Å². The minimum absolute atomic E-state index is 0.280. The van der Waals surface area contributed by atoms with E-state index in [-0.39, 0.29) is 5.92 Å². The molecule has 106 valence electrons. The van der Waals surface area contributed by atoms with E-state index in [0.717, 1.165) is 32.7 Å². The molecule has 0 unspecified atom stereocenters. The third kappa shape index (κ3) is 2.04. The third-order valence-electron chi connectivity index (χ3n) is 3.34. The van der Waals surface area contributed by atoms with Crippen molar-refractivity contribution in [1.82, 2.24) is 10.2 Å². The number of rotatable bonds is 2. The molecule has 2 aromatic rings. The van der Waals surface area contributed by atoms with E-state index in [1.54, 1.807) is 6.20 Å². The van der Waals surface area contributed by atoms with Gasteiger partial charge in [-0.05, 0) is 33.5 Å². The number of halogens is 1. The number of ether oxygens (including phenoxy) is 2. The van der Waals surface area contributed by atoms with Gasteiger partial charge in [-0.3, -0.25) is 5.10 Å². The van der Waals surface area contributed by atoms with E-state index in [2.05, 4.69) is 40.0 Å². The molecule has 0 amide bonds. The molecule has 1 aliphatic heterocycles. The maximum atomic E-state index is 5.96. The predicted octanol–water partition coefficient (Wildman–Crippen LogP) is 3.32. The Kier molecular flexibility index (Phi) is 3.33. The third-order valence-corrected chi connectivity index (χ3v) is 3.93. The first-order valence-corrected chi connectivity index (χ1v) is 7.30. The number of H-pyrrole nitrogens is 1. The molecule has 1 aromatic carbocycles. The molecule has 3 N–H and O–H groups in total. The second kappa shape index (κ2) is 5.01. The van der Waals surface area contributed by atoms with Crippen LogP contribution in [-0.2, 0) is 0 Å². The van der Waals surface area contributed by atoms with Gasteiger partial charge in [-0.1, -0.05) is 13.8 Å². The Hall–Kier alpha value is -1.69. The topological polar surface area (TPSA) is 73.2 Å². The molecule has 6 heteroatoms. The molecule has 20 heavy (non-hydrogen) atoms. The van der Waals surface area contributed by atoms with Crippen molar-refractivity contribution in [3.05, 3.63) is 22.3 Å². The Morgan fingerprint density at radius 2 is 1.95 bits per heavy atom. The fourth-order valence-corrected chi connectivity index (χ4v) is 3.02. The fraction of sp³-hybridized carbons (Fsp3) is 0.357. The molecule has 3 rings (SSSR count). The van der Waals surface area contributed by atoms with Crippen LogP contribution in [0, 0.1) is 0 Å². The van der Waals surface area contributed by atoms with Gasteiger partial charge in [0.1, 0.15) is 19.0 Å². The fourth-order valence-electron chi connectivity index (χ4n) is 2.50. The van der Waals surface area contributed by atoms with Crippen LogP contribution in [0.5, 0.6) is 11.5 Å². The molecular weight excluding hydrogens is 322 g/mol. The normalized spacial score (nSPS) is 13.8. The number of nitrogens with two attached hydrogens (primary N) is 1. The number of benzene rings is 1. The summed E-state index contributed by atoms with van der Waals surface area (Å²) in [5, 5.41) is 6.78. The van der Waals surface area contributed by atoms with Crippen molar-refractivity contribution >= 4 is 21.7 Å². The van der Waals surface area contributed by atoms with E-state index in [1.807, 2.05) is 6.07 Å². The Bertz CT molecular complexity index is 652. The molecule has 1 aliphatic rings. The summed E-state index contributed by atoms with van der Waals surface area (Å²) in [6.45, 7) is 5.38. The average molecular weight is 338 g/mol. The number of anilines is 1. The molecule has 0 atom stereocenters. The summed E-state index contributed by atoms with van der Waals surface area (Å²) in [6, 6.07) is 2.02. The molecule has 0 radical (unpaired) electrons. The van der Waals surface area contributed by atoms with Crippen molar-refractivity contribution < 1.29 is 9.47 Å². The Morgan fingerprint density at radius 1 is 1.25 bits per heavy atom. The van der Waals surface area contributed by atoms with Crippen LogP contribution in [0.4, 0.5) is 5.82 Å². The number of nitrogens with zero attached hydrogens (tertiary/aromatic N) is 1. The first-order chi connectivity index (χ1) is 9.59. The van der Waals surface area contributed by atoms with E-state index in [4.69, 9.17) is 15.2 Å². The second-order valence-corrected chi connectivity index (χ2v) is 5.88. The van der Waals surface area contributed by atoms with Crippen LogP contribution >= 0.6 is 15.9 Å². The van der Waals surface area contributed by atoms with Gasteiger partial charge in [-0.25, -0.2) is 0 Å². The van der Waals surface area contributed by atoms with E-state index in [1.165, 1.54) is 0 Å². The molecule has 1 aromatic heterocycles. The summed E-state index contributed by atoms with van der Waals surface area (Å²) in [4.78, 5) is 0. The average Bonchev–Trinajstić information content (AvgIpc) is 2.84. The monoisotopic (exact) mass is 337 g/mol. The van der Waals surface area contributed by atoms with Crippen molar-refractivity contribution in [2.75, 3.05) is 18.9 Å². The van der Waals surface area contributed by atoms with Crippen molar-refractivity contribution in [3.63, 3.8) is 0 Å². The molecule has 0 aliphatic carbocycles. The molecule has 5 nitrogen and oxygen atoms in total. The van der Waals surface area contributed by atoms with Gasteiger partial charge in [0.15, 0.2) is 11.5 Å². The quantitative estimate of drug-likeness (QED) is 0.881. The highest BCUT2D eigenvalue weighted by Gasteiger charge is 2.26. The van der Waals surface area contributed by atoms with Crippen LogP contribution in [0.1, 0.15) is 25.3 Å². The van der Waals surface area contributed by atoms with Gasteiger partial charge in [0.2, 0.25) is 0 Å². The van der Waals surface area contributed by atoms with E-state index < -0.39 is 0 Å². The second-order valence-electron chi connectivity index (χ2n) is 5.03. The molecule has 0 bridgehead atoms. The van der Waals surface area contributed by atoms with Gasteiger partial charge in [-0.2, -0.15) is 5.10 Å². The maximum Gasteiger partial charge on any atom is 0.175 e. The molecule has 0 saturated carbocycles. The lowest BCUT2D eigenvalue weighted by Crippen LogP contribution is -2.18. The number of hydrogen-bond donors (Lipinski definition) is 2. The zero-order valence-electron chi connectivity index (χ0n) is 11.4. The summed E-state index contributed by atoms with van der Waals surface area (Å²) >= 11 is 3.55. The van der Waals surface area contributed by atoms with Crippen molar-refractivity contribution in [1.29, 1.82) is 0 Å². The largest absolute Gasteiger partial charge is 0.486 e. The summed E-state index contributed by atoms with van der Waals surface area (Å²) in [6.07, 6.45) is 1.74. The van der Waals surface area contributed by atoms with Crippen molar-refractivity contribution in [2.45, 2.75) is 19.8 Å². The number of aromatic amines is 1. The van der Waals surface area contributed by atoms with Gasteiger partial charge in [0.05, 0.1) is 10.7 Å². The number of nitrogen functional groups attached to an aromatic ring is 1. The summed E-state index contributed by atoms with van der Waals surface area (Å²) in [5.41, 5.74) is 8.95. The molecule has 0 spiro atoms. The maximum absolute atomic E-state index is 5.96. The van der Waals surface area contributed by atoms with Crippen LogP contribution < -0.4 is 15.2 Å². The molecule has 0 saturated heterocycles. The molecular formula is C14H16BrN3O2. The van der Waals surface area contributed by atoms with Crippen molar-refractivity contribution in [3.8, 4) is 22.6 Å². The summed E-state index contributed by atoms with van der Waals surface area (Å²) in [7, 11) is 0.